The second-order valence-electron chi connectivity index (χ2n) is 1.84. The van der Waals surface area contributed by atoms with Crippen LogP contribution < -0.4 is 0 Å². The molecule has 0 amide bonds. The van der Waals surface area contributed by atoms with Gasteiger partial charge in [-0.3, -0.25) is 0 Å². The molecule has 0 aromatic rings. The van der Waals surface area contributed by atoms with Crippen LogP contribution in [0, 0.1) is 0 Å². The van der Waals surface area contributed by atoms with Crippen molar-refractivity contribution in [2.75, 3.05) is 0 Å². The van der Waals surface area contributed by atoms with E-state index in [-0.39, 0.29) is 0 Å². The van der Waals surface area contributed by atoms with E-state index in [0.29, 0.717) is 0 Å². The average Bonchev–Trinajstić information content (AvgIpc) is 1.83. The van der Waals surface area contributed by atoms with Crippen LogP contribution in [0.5, 0.6) is 0 Å². The fourth-order valence-corrected chi connectivity index (χ4v) is 2.28. The topological polar surface area (TPSA) is 24.7 Å². The Bertz CT molecular complexity index is 159. The quantitative estimate of drug-likeness (QED) is 0.455. The molecule has 9 heavy (non-hydrogen) atoms. The number of nitrogens with zero attached hydrogens (tertiary/aromatic N) is 2. The van der Waals surface area contributed by atoms with Gasteiger partial charge in [0, 0.05) is 0 Å². The zero-order valence-electron chi connectivity index (χ0n) is 5.50. The zero-order chi connectivity index (χ0) is 6.85. The molecule has 5 heteroatoms. The summed E-state index contributed by atoms with van der Waals surface area (Å²) in [5, 5.41) is 0. The molecule has 0 bridgehead atoms. The van der Waals surface area contributed by atoms with Gasteiger partial charge in [0.15, 0.2) is 0 Å². The minimum atomic E-state index is -1.38. The van der Waals surface area contributed by atoms with Crippen molar-refractivity contribution in [2.45, 2.75) is 13.8 Å². The van der Waals surface area contributed by atoms with Crippen molar-refractivity contribution in [3.05, 3.63) is 0 Å². The fourth-order valence-electron chi connectivity index (χ4n) is 0.555. The van der Waals surface area contributed by atoms with Crippen LogP contribution >= 0.6 is 0 Å². The molecule has 0 N–H and O–H groups in total. The molecule has 2 nitrogen and oxygen atoms in total. The van der Waals surface area contributed by atoms with E-state index in [0.717, 1.165) is 9.00 Å². The normalized spacial score (nSPS) is 20.2. The maximum absolute atomic E-state index is 5.79. The van der Waals surface area contributed by atoms with Gasteiger partial charge in [-0.05, 0) is 0 Å². The molecule has 0 atom stereocenters. The second-order valence-corrected chi connectivity index (χ2v) is 6.11. The van der Waals surface area contributed by atoms with E-state index in [4.69, 9.17) is 6.54 Å². The van der Waals surface area contributed by atoms with Gasteiger partial charge < -0.3 is 0 Å². The Morgan fingerprint density at radius 2 is 1.78 bits per heavy atom. The van der Waals surface area contributed by atoms with Crippen molar-refractivity contribution >= 4 is 37.6 Å². The summed E-state index contributed by atoms with van der Waals surface area (Å²) >= 11 is -1.38. The second kappa shape index (κ2) is 2.74. The molecule has 0 saturated carbocycles. The monoisotopic (exact) mass is 179 g/mol. The number of hydrogen-bond acceptors (Lipinski definition) is 2. The SMILES string of the molecule is [B][As]1C(C)=N[B]N=C1C. The molecular formula is C4H6AsB2N2. The van der Waals surface area contributed by atoms with Crippen molar-refractivity contribution in [2.24, 2.45) is 9.81 Å². The van der Waals surface area contributed by atoms with Gasteiger partial charge in [-0.1, -0.05) is 0 Å². The van der Waals surface area contributed by atoms with E-state index < -0.39 is 14.5 Å². The van der Waals surface area contributed by atoms with Crippen LogP contribution in [0.2, 0.25) is 0 Å². The first-order chi connectivity index (χ1) is 4.22. The third-order valence-electron chi connectivity index (χ3n) is 1.19. The van der Waals surface area contributed by atoms with Crippen LogP contribution in [0.25, 0.3) is 0 Å². The van der Waals surface area contributed by atoms with Crippen molar-refractivity contribution in [3.63, 3.8) is 0 Å². The summed E-state index contributed by atoms with van der Waals surface area (Å²) < 4.78 is 2.16. The summed E-state index contributed by atoms with van der Waals surface area (Å²) in [6, 6.07) is 0. The predicted octanol–water partition coefficient (Wildman–Crippen LogP) is -0.306. The molecule has 1 aliphatic rings. The van der Waals surface area contributed by atoms with Gasteiger partial charge in [0.1, 0.15) is 0 Å². The molecule has 0 aromatic heterocycles. The van der Waals surface area contributed by atoms with E-state index in [1.807, 2.05) is 13.8 Å². The first-order valence-electron chi connectivity index (χ1n) is 2.67. The molecule has 0 aliphatic carbocycles. The molecule has 0 spiro atoms. The van der Waals surface area contributed by atoms with Gasteiger partial charge in [-0.2, -0.15) is 0 Å². The fraction of sp³-hybridized carbons (Fsp3) is 0.500. The number of hydrogen-bond donors (Lipinski definition) is 0. The summed E-state index contributed by atoms with van der Waals surface area (Å²) in [6.07, 6.45) is 0. The van der Waals surface area contributed by atoms with E-state index in [9.17, 15) is 0 Å². The van der Waals surface area contributed by atoms with Gasteiger partial charge in [0.25, 0.3) is 0 Å². The Kier molecular flexibility index (Phi) is 2.17. The Hall–Kier alpha value is 0.0283. The van der Waals surface area contributed by atoms with Crippen LogP contribution in [-0.2, 0) is 0 Å². The van der Waals surface area contributed by atoms with Gasteiger partial charge in [-0.15, -0.1) is 0 Å². The number of rotatable bonds is 0. The minimum absolute atomic E-state index is 1.08. The molecular weight excluding hydrogens is 173 g/mol. The molecule has 0 aromatic carbocycles. The third-order valence-corrected chi connectivity index (χ3v) is 4.60. The first kappa shape index (κ1) is 7.14. The molecule has 0 saturated heterocycles. The molecule has 1 rings (SSSR count). The van der Waals surface area contributed by atoms with Gasteiger partial charge in [-0.25, -0.2) is 0 Å². The Labute approximate surface area is 61.6 Å². The standard InChI is InChI=1S/C4H6AsB2N2/c1-3-5(6)4(2)9-7-8-3/h1-2H3. The van der Waals surface area contributed by atoms with E-state index in [1.165, 1.54) is 0 Å². The molecule has 0 unspecified atom stereocenters. The Morgan fingerprint density at radius 1 is 1.33 bits per heavy atom. The van der Waals surface area contributed by atoms with Crippen LogP contribution in [0.1, 0.15) is 13.8 Å². The van der Waals surface area contributed by atoms with E-state index in [1.54, 1.807) is 7.55 Å². The van der Waals surface area contributed by atoms with Crippen LogP contribution in [0.15, 0.2) is 9.81 Å². The van der Waals surface area contributed by atoms with Crippen LogP contribution in [0.4, 0.5) is 0 Å². The van der Waals surface area contributed by atoms with Crippen molar-refractivity contribution < 1.29 is 0 Å². The summed E-state index contributed by atoms with van der Waals surface area (Å²) in [7, 11) is 1.57. The molecule has 1 aliphatic heterocycles. The van der Waals surface area contributed by atoms with Crippen LogP contribution in [-0.4, -0.2) is 37.6 Å². The molecule has 3 radical (unpaired) electrons. The van der Waals surface area contributed by atoms with Crippen molar-refractivity contribution in [3.8, 4) is 0 Å². The molecule has 43 valence electrons. The Balaban J connectivity index is 2.74. The first-order valence-corrected chi connectivity index (χ1v) is 5.63. The van der Waals surface area contributed by atoms with E-state index >= 15 is 0 Å². The van der Waals surface area contributed by atoms with Crippen molar-refractivity contribution in [1.82, 2.24) is 0 Å². The zero-order valence-corrected chi connectivity index (χ0v) is 7.37. The molecule has 1 heterocycles. The average molecular weight is 179 g/mol. The van der Waals surface area contributed by atoms with Crippen molar-refractivity contribution in [1.29, 1.82) is 0 Å². The van der Waals surface area contributed by atoms with Crippen LogP contribution in [0.3, 0.4) is 0 Å². The van der Waals surface area contributed by atoms with Gasteiger partial charge in [0.2, 0.25) is 0 Å². The predicted molar refractivity (Wildman–Crippen MR) is 43.5 cm³/mol. The molecule has 0 fully saturated rings. The summed E-state index contributed by atoms with van der Waals surface area (Å²) in [5.74, 6) is 0. The van der Waals surface area contributed by atoms with E-state index in [2.05, 4.69) is 9.81 Å². The van der Waals surface area contributed by atoms with Gasteiger partial charge in [0.05, 0.1) is 0 Å². The summed E-state index contributed by atoms with van der Waals surface area (Å²) in [5.41, 5.74) is 0. The summed E-state index contributed by atoms with van der Waals surface area (Å²) in [6.45, 7) is 9.72. The maximum atomic E-state index is 5.79. The van der Waals surface area contributed by atoms with Gasteiger partial charge >= 0.3 is 61.2 Å². The third kappa shape index (κ3) is 1.48. The summed E-state index contributed by atoms with van der Waals surface area (Å²) in [4.78, 5) is 8.01. The Morgan fingerprint density at radius 3 is 2.11 bits per heavy atom.